The third kappa shape index (κ3) is 10.6. The number of allylic oxidation sites excluding steroid dienone is 1. The van der Waals surface area contributed by atoms with E-state index in [4.69, 9.17) is 5.41 Å². The number of methoxy groups -OCH3 is 1. The van der Waals surface area contributed by atoms with Crippen molar-refractivity contribution in [3.63, 3.8) is 0 Å². The molecule has 1 aliphatic rings. The summed E-state index contributed by atoms with van der Waals surface area (Å²) in [5.74, 6) is 0.406. The van der Waals surface area contributed by atoms with Gasteiger partial charge in [0.1, 0.15) is 12.6 Å². The van der Waals surface area contributed by atoms with Crippen molar-refractivity contribution in [1.29, 1.82) is 5.41 Å². The Hall–Kier alpha value is -4.03. The molecule has 0 aliphatic heterocycles. The van der Waals surface area contributed by atoms with Crippen molar-refractivity contribution < 1.29 is 14.3 Å². The van der Waals surface area contributed by atoms with Gasteiger partial charge in [0.05, 0.1) is 0 Å². The number of benzene rings is 3. The topological polar surface area (TPSA) is 82.5 Å². The van der Waals surface area contributed by atoms with Crippen LogP contribution in [-0.4, -0.2) is 47.1 Å². The number of ether oxygens (including phenoxy) is 1. The van der Waals surface area contributed by atoms with Crippen LogP contribution in [0.2, 0.25) is 0 Å². The smallest absolute Gasteiger partial charge is 0.142 e. The molecule has 40 heavy (non-hydrogen) atoms. The van der Waals surface area contributed by atoms with Crippen LogP contribution in [0.15, 0.2) is 72.8 Å². The van der Waals surface area contributed by atoms with Gasteiger partial charge in [-0.3, -0.25) is 4.79 Å². The molecule has 1 fully saturated rings. The Bertz CT molecular complexity index is 1220. The lowest BCUT2D eigenvalue weighted by Gasteiger charge is -2.20. The third-order valence-corrected chi connectivity index (χ3v) is 6.70. The molecule has 212 valence electrons. The molecule has 0 bridgehead atoms. The first-order chi connectivity index (χ1) is 19.5. The Balaban J connectivity index is 0.000000427. The highest BCUT2D eigenvalue weighted by atomic mass is 16.4. The lowest BCUT2D eigenvalue weighted by Crippen LogP contribution is -2.16. The fourth-order valence-electron chi connectivity index (χ4n) is 4.54. The number of aldehydes is 2. The average Bonchev–Trinajstić information content (AvgIpc) is 3.01. The van der Waals surface area contributed by atoms with E-state index < -0.39 is 0 Å². The van der Waals surface area contributed by atoms with Gasteiger partial charge in [-0.1, -0.05) is 67.8 Å². The molecule has 1 aliphatic carbocycles. The molecule has 4 rings (SSSR count). The van der Waals surface area contributed by atoms with Crippen LogP contribution in [0.5, 0.6) is 0 Å². The van der Waals surface area contributed by atoms with Gasteiger partial charge in [-0.25, -0.2) is 0 Å². The molecule has 0 saturated heterocycles. The second kappa shape index (κ2) is 18.3. The van der Waals surface area contributed by atoms with Crippen LogP contribution in [0, 0.1) is 11.3 Å². The summed E-state index contributed by atoms with van der Waals surface area (Å²) in [5.41, 5.74) is 7.36. The summed E-state index contributed by atoms with van der Waals surface area (Å²) in [5, 5.41) is 10.7. The van der Waals surface area contributed by atoms with Crippen LogP contribution in [0.4, 0.5) is 11.4 Å². The summed E-state index contributed by atoms with van der Waals surface area (Å²) < 4.78 is 4.25. The van der Waals surface area contributed by atoms with Gasteiger partial charge in [0.25, 0.3) is 0 Å². The van der Waals surface area contributed by atoms with Crippen molar-refractivity contribution in [2.24, 2.45) is 5.92 Å². The van der Waals surface area contributed by atoms with Gasteiger partial charge in [0, 0.05) is 63.9 Å². The molecule has 0 radical (unpaired) electrons. The lowest BCUT2D eigenvalue weighted by atomic mass is 9.91. The highest BCUT2D eigenvalue weighted by Crippen LogP contribution is 2.26. The number of hydrogen-bond acceptors (Lipinski definition) is 6. The maximum absolute atomic E-state index is 10.5. The minimum absolute atomic E-state index is 0.406. The summed E-state index contributed by atoms with van der Waals surface area (Å²) in [6.07, 6.45) is 12.7. The number of anilines is 2. The zero-order valence-electron chi connectivity index (χ0n) is 24.2. The Labute approximate surface area is 239 Å². The summed E-state index contributed by atoms with van der Waals surface area (Å²) in [6, 6.07) is 22.7. The van der Waals surface area contributed by atoms with Crippen molar-refractivity contribution in [1.82, 2.24) is 0 Å². The molecule has 2 N–H and O–H groups in total. The van der Waals surface area contributed by atoms with Gasteiger partial charge >= 0.3 is 0 Å². The van der Waals surface area contributed by atoms with Gasteiger partial charge in [0.2, 0.25) is 0 Å². The van der Waals surface area contributed by atoms with Crippen LogP contribution in [-0.2, 0) is 20.9 Å². The van der Waals surface area contributed by atoms with E-state index in [0.717, 1.165) is 65.6 Å². The molecule has 0 aromatic heterocycles. The minimum atomic E-state index is 0.406. The van der Waals surface area contributed by atoms with Crippen molar-refractivity contribution in [3.05, 3.63) is 89.5 Å². The number of rotatable bonds is 9. The number of hydrogen-bond donors (Lipinski definition) is 2. The molecule has 3 aromatic carbocycles. The maximum Gasteiger partial charge on any atom is 0.142 e. The van der Waals surface area contributed by atoms with E-state index in [1.807, 2.05) is 31.3 Å². The van der Waals surface area contributed by atoms with E-state index in [1.54, 1.807) is 20.3 Å². The molecule has 3 aromatic rings. The first-order valence-electron chi connectivity index (χ1n) is 13.7. The largest absolute Gasteiger partial charge is 0.388 e. The molecule has 6 nitrogen and oxygen atoms in total. The van der Waals surface area contributed by atoms with Gasteiger partial charge in [-0.05, 0) is 65.4 Å². The molecule has 6 heteroatoms. The van der Waals surface area contributed by atoms with E-state index in [9.17, 15) is 9.59 Å². The van der Waals surface area contributed by atoms with Crippen LogP contribution in [0.1, 0.15) is 48.8 Å². The van der Waals surface area contributed by atoms with Crippen molar-refractivity contribution >= 4 is 36.2 Å². The summed E-state index contributed by atoms with van der Waals surface area (Å²) in [7, 11) is 7.17. The molecular formula is C34H43N3O3. The minimum Gasteiger partial charge on any atom is -0.388 e. The molecule has 0 spiro atoms. The fraction of sp³-hybridized carbons (Fsp3) is 0.324. The highest BCUT2D eigenvalue weighted by molar-refractivity contribution is 5.88. The van der Waals surface area contributed by atoms with Crippen molar-refractivity contribution in [3.8, 4) is 11.1 Å². The van der Waals surface area contributed by atoms with Gasteiger partial charge in [0.15, 0.2) is 0 Å². The van der Waals surface area contributed by atoms with E-state index in [2.05, 4.69) is 64.5 Å². The zero-order chi connectivity index (χ0) is 29.2. The van der Waals surface area contributed by atoms with E-state index in [-0.39, 0.29) is 0 Å². The van der Waals surface area contributed by atoms with Crippen LogP contribution in [0.25, 0.3) is 17.2 Å². The Morgan fingerprint density at radius 3 is 2.20 bits per heavy atom. The summed E-state index contributed by atoms with van der Waals surface area (Å²) in [4.78, 5) is 22.9. The molecule has 1 saturated carbocycles. The molecule has 0 amide bonds. The van der Waals surface area contributed by atoms with Gasteiger partial charge < -0.3 is 25.2 Å². The third-order valence-electron chi connectivity index (χ3n) is 6.70. The Kier molecular flexibility index (Phi) is 14.7. The van der Waals surface area contributed by atoms with E-state index in [1.165, 1.54) is 37.1 Å². The predicted octanol–water partition coefficient (Wildman–Crippen LogP) is 7.27. The lowest BCUT2D eigenvalue weighted by molar-refractivity contribution is -0.111. The van der Waals surface area contributed by atoms with Crippen LogP contribution >= 0.6 is 0 Å². The average molecular weight is 542 g/mol. The van der Waals surface area contributed by atoms with Crippen molar-refractivity contribution in [2.45, 2.75) is 38.6 Å². The summed E-state index contributed by atoms with van der Waals surface area (Å²) >= 11 is 0. The standard InChI is InChI=1S/C25H25N3O.C7H12O.C2H6O/c1-27-25-13-12-22(16-23(25)17-26)21-10-8-20(9-11-21)18-28(2)24-7-3-5-19(15-24)6-4-14-29;8-6-7-4-2-1-3-5-7;1-3-2/h3-17,26-27H,18H2,1-2H3;6-7H,1-5H2;1-2H3/b6-4+,26-17?;;. The second-order valence-electron chi connectivity index (χ2n) is 9.78. The van der Waals surface area contributed by atoms with Gasteiger partial charge in [-0.2, -0.15) is 0 Å². The quantitative estimate of drug-likeness (QED) is 0.169. The second-order valence-corrected chi connectivity index (χ2v) is 9.78. The SMILES string of the molecule is CNc1ccc(-c2ccc(CN(C)c3cccc(/C=C/C=O)c3)cc2)cc1C=N.COC.O=CC1CCCCC1. The number of nitrogens with zero attached hydrogens (tertiary/aromatic N) is 1. The number of nitrogens with one attached hydrogen (secondary N) is 2. The molecule has 0 heterocycles. The maximum atomic E-state index is 10.5. The highest BCUT2D eigenvalue weighted by Gasteiger charge is 2.10. The monoisotopic (exact) mass is 541 g/mol. The first kappa shape index (κ1) is 32.2. The van der Waals surface area contributed by atoms with Crippen LogP contribution < -0.4 is 10.2 Å². The van der Waals surface area contributed by atoms with Gasteiger partial charge in [-0.15, -0.1) is 0 Å². The van der Waals surface area contributed by atoms with Crippen molar-refractivity contribution in [2.75, 3.05) is 38.5 Å². The number of carbonyl (C=O) groups is 2. The molecule has 0 atom stereocenters. The predicted molar refractivity (Wildman–Crippen MR) is 169 cm³/mol. The van der Waals surface area contributed by atoms with E-state index in [0.29, 0.717) is 5.92 Å². The Morgan fingerprint density at radius 1 is 0.950 bits per heavy atom. The fourth-order valence-corrected chi connectivity index (χ4v) is 4.54. The van der Waals surface area contributed by atoms with Crippen LogP contribution in [0.3, 0.4) is 0 Å². The molecule has 0 unspecified atom stereocenters. The first-order valence-corrected chi connectivity index (χ1v) is 13.7. The Morgan fingerprint density at radius 2 is 1.62 bits per heavy atom. The normalized spacial score (nSPS) is 12.8. The number of carbonyl (C=O) groups excluding carboxylic acids is 2. The summed E-state index contributed by atoms with van der Waals surface area (Å²) in [6.45, 7) is 0.783. The molecular weight excluding hydrogens is 498 g/mol. The van der Waals surface area contributed by atoms with E-state index >= 15 is 0 Å². The zero-order valence-corrected chi connectivity index (χ0v) is 24.2.